The van der Waals surface area contributed by atoms with Crippen LogP contribution >= 0.6 is 0 Å². The van der Waals surface area contributed by atoms with Crippen LogP contribution in [0.25, 0.3) is 16.7 Å². The fourth-order valence-electron chi connectivity index (χ4n) is 7.24. The number of rotatable bonds is 1. The normalized spacial score (nSPS) is 23.9. The first kappa shape index (κ1) is 18.5. The minimum absolute atomic E-state index is 0.182. The number of aromatic nitrogens is 2. The van der Waals surface area contributed by atoms with Crippen molar-refractivity contribution >= 4 is 16.7 Å². The molecule has 1 aromatic heterocycles. The average Bonchev–Trinajstić information content (AvgIpc) is 3.29. The van der Waals surface area contributed by atoms with Crippen molar-refractivity contribution in [3.63, 3.8) is 0 Å². The summed E-state index contributed by atoms with van der Waals surface area (Å²) < 4.78 is 2.40. The Hall–Kier alpha value is -2.29. The molecule has 3 nitrogen and oxygen atoms in total. The topological polar surface area (TPSA) is 21.1 Å². The zero-order valence-electron chi connectivity index (χ0n) is 18.8. The second kappa shape index (κ2) is 6.12. The smallest absolute Gasteiger partial charge is 0.118 e. The van der Waals surface area contributed by atoms with Crippen molar-refractivity contribution in [1.29, 1.82) is 0 Å². The number of benzene rings is 2. The van der Waals surface area contributed by atoms with Gasteiger partial charge >= 0.3 is 0 Å². The average molecular weight is 400 g/mol. The molecule has 1 aliphatic carbocycles. The Morgan fingerprint density at radius 3 is 2.57 bits per heavy atom. The Bertz CT molecular complexity index is 1150. The molecule has 156 valence electrons. The molecule has 3 aliphatic rings. The number of aryl methyl sites for hydroxylation is 1. The first-order valence-electron chi connectivity index (χ1n) is 11.8. The fourth-order valence-corrected chi connectivity index (χ4v) is 7.24. The van der Waals surface area contributed by atoms with Gasteiger partial charge in [-0.25, -0.2) is 4.98 Å². The van der Waals surface area contributed by atoms with E-state index in [2.05, 4.69) is 73.6 Å². The van der Waals surface area contributed by atoms with E-state index in [1.54, 1.807) is 0 Å². The zero-order valence-corrected chi connectivity index (χ0v) is 18.8. The number of hydrogen-bond acceptors (Lipinski definition) is 2. The molecule has 1 saturated carbocycles. The van der Waals surface area contributed by atoms with Gasteiger partial charge in [0.05, 0.1) is 16.7 Å². The van der Waals surface area contributed by atoms with Crippen LogP contribution in [0.2, 0.25) is 0 Å². The van der Waals surface area contributed by atoms with Crippen molar-refractivity contribution in [2.75, 3.05) is 4.90 Å². The summed E-state index contributed by atoms with van der Waals surface area (Å²) in [5.74, 6) is 1.18. The molecule has 2 aromatic carbocycles. The summed E-state index contributed by atoms with van der Waals surface area (Å²) in [7, 11) is 0. The van der Waals surface area contributed by atoms with Crippen LogP contribution in [0.5, 0.6) is 0 Å². The van der Waals surface area contributed by atoms with Crippen LogP contribution in [0.15, 0.2) is 36.4 Å². The largest absolute Gasteiger partial charge is 0.363 e. The van der Waals surface area contributed by atoms with E-state index in [-0.39, 0.29) is 5.54 Å². The van der Waals surface area contributed by atoms with Gasteiger partial charge in [-0.1, -0.05) is 37.5 Å². The summed E-state index contributed by atoms with van der Waals surface area (Å²) in [6.07, 6.45) is 9.26. The van der Waals surface area contributed by atoms with Crippen LogP contribution in [0.4, 0.5) is 5.69 Å². The molecule has 0 radical (unpaired) electrons. The van der Waals surface area contributed by atoms with E-state index >= 15 is 0 Å². The minimum atomic E-state index is 0.182. The summed E-state index contributed by atoms with van der Waals surface area (Å²) in [4.78, 5) is 7.79. The summed E-state index contributed by atoms with van der Waals surface area (Å²) in [5.41, 5.74) is 8.54. The molecule has 0 unspecified atom stereocenters. The molecule has 0 amide bonds. The highest BCUT2D eigenvalue weighted by atomic mass is 15.3. The summed E-state index contributed by atoms with van der Waals surface area (Å²) >= 11 is 0. The standard InChI is InChI=1S/C27H33N3/c1-18-14-21-24(29-22-11-7-6-10-20(22)15-25(29)28-21)16-23(18)30-19(2)27(17-26(30,3)4)12-8-5-9-13-27/h6-7,10-11,14,16,19H,5,8-9,12-13,15,17H2,1-4H3/t19-/m0/s1. The molecule has 0 bridgehead atoms. The molecular formula is C27H33N3. The maximum Gasteiger partial charge on any atom is 0.118 e. The Morgan fingerprint density at radius 2 is 1.77 bits per heavy atom. The van der Waals surface area contributed by atoms with Crippen molar-refractivity contribution in [2.45, 2.75) is 84.2 Å². The Balaban J connectivity index is 1.51. The third-order valence-corrected chi connectivity index (χ3v) is 8.44. The Labute approximate surface area is 180 Å². The first-order chi connectivity index (χ1) is 14.4. The first-order valence-corrected chi connectivity index (χ1v) is 11.8. The number of hydrogen-bond donors (Lipinski definition) is 0. The van der Waals surface area contributed by atoms with Crippen LogP contribution < -0.4 is 4.90 Å². The molecule has 1 atom stereocenters. The minimum Gasteiger partial charge on any atom is -0.363 e. The predicted octanol–water partition coefficient (Wildman–Crippen LogP) is 6.57. The van der Waals surface area contributed by atoms with E-state index in [9.17, 15) is 0 Å². The van der Waals surface area contributed by atoms with E-state index in [4.69, 9.17) is 4.98 Å². The molecule has 6 rings (SSSR count). The van der Waals surface area contributed by atoms with Crippen LogP contribution in [0.1, 0.15) is 76.2 Å². The van der Waals surface area contributed by atoms with Crippen molar-refractivity contribution in [1.82, 2.24) is 9.55 Å². The van der Waals surface area contributed by atoms with E-state index < -0.39 is 0 Å². The monoisotopic (exact) mass is 399 g/mol. The molecule has 0 N–H and O–H groups in total. The summed E-state index contributed by atoms with van der Waals surface area (Å²) in [5, 5.41) is 0. The Morgan fingerprint density at radius 1 is 1.00 bits per heavy atom. The molecule has 3 aromatic rings. The number of anilines is 1. The number of para-hydroxylation sites is 1. The van der Waals surface area contributed by atoms with Crippen molar-refractivity contribution in [2.24, 2.45) is 5.41 Å². The molecule has 30 heavy (non-hydrogen) atoms. The quantitative estimate of drug-likeness (QED) is 0.361. The van der Waals surface area contributed by atoms with Crippen LogP contribution in [0, 0.1) is 12.3 Å². The highest BCUT2D eigenvalue weighted by Crippen LogP contribution is 2.56. The molecule has 3 heterocycles. The highest BCUT2D eigenvalue weighted by molar-refractivity contribution is 5.86. The molecule has 2 fully saturated rings. The van der Waals surface area contributed by atoms with Crippen LogP contribution in [-0.4, -0.2) is 21.1 Å². The van der Waals surface area contributed by atoms with Crippen molar-refractivity contribution < 1.29 is 0 Å². The lowest BCUT2D eigenvalue weighted by atomic mass is 9.68. The summed E-state index contributed by atoms with van der Waals surface area (Å²) in [6, 6.07) is 14.1. The second-order valence-electron chi connectivity index (χ2n) is 10.8. The lowest BCUT2D eigenvalue weighted by molar-refractivity contribution is 0.170. The lowest BCUT2D eigenvalue weighted by Crippen LogP contribution is -2.44. The van der Waals surface area contributed by atoms with Gasteiger partial charge in [0.2, 0.25) is 0 Å². The lowest BCUT2D eigenvalue weighted by Gasteiger charge is -2.41. The van der Waals surface area contributed by atoms with Gasteiger partial charge in [-0.15, -0.1) is 0 Å². The van der Waals surface area contributed by atoms with Gasteiger partial charge in [-0.05, 0) is 81.7 Å². The van der Waals surface area contributed by atoms with Gasteiger partial charge in [-0.3, -0.25) is 4.57 Å². The molecule has 1 spiro atoms. The number of fused-ring (bicyclic) bond motifs is 5. The number of imidazole rings is 1. The fraction of sp³-hybridized carbons (Fsp3) is 0.519. The van der Waals surface area contributed by atoms with Gasteiger partial charge < -0.3 is 4.90 Å². The molecule has 3 heteroatoms. The van der Waals surface area contributed by atoms with Gasteiger partial charge in [0, 0.05) is 23.7 Å². The maximum absolute atomic E-state index is 5.02. The van der Waals surface area contributed by atoms with Gasteiger partial charge in [0.25, 0.3) is 0 Å². The third kappa shape index (κ3) is 2.41. The highest BCUT2D eigenvalue weighted by Gasteiger charge is 2.53. The van der Waals surface area contributed by atoms with Gasteiger partial charge in [-0.2, -0.15) is 0 Å². The summed E-state index contributed by atoms with van der Waals surface area (Å²) in [6.45, 7) is 9.71. The number of nitrogens with zero attached hydrogens (tertiary/aromatic N) is 3. The molecule has 2 aliphatic heterocycles. The van der Waals surface area contributed by atoms with Crippen molar-refractivity contribution in [3.8, 4) is 5.69 Å². The van der Waals surface area contributed by atoms with E-state index in [0.29, 0.717) is 11.5 Å². The maximum atomic E-state index is 5.02. The van der Waals surface area contributed by atoms with E-state index in [0.717, 1.165) is 11.9 Å². The molecular weight excluding hydrogens is 366 g/mol. The Kier molecular flexibility index (Phi) is 3.77. The third-order valence-electron chi connectivity index (χ3n) is 8.44. The van der Waals surface area contributed by atoms with Crippen molar-refractivity contribution in [3.05, 3.63) is 53.3 Å². The van der Waals surface area contributed by atoms with Crippen LogP contribution in [0.3, 0.4) is 0 Å². The van der Waals surface area contributed by atoms with Crippen LogP contribution in [-0.2, 0) is 6.42 Å². The van der Waals surface area contributed by atoms with E-state index in [1.807, 2.05) is 0 Å². The molecule has 1 saturated heterocycles. The SMILES string of the molecule is Cc1cc2nc3n(c2cc1N1[C@@H](C)C2(CCCCC2)CC1(C)C)-c1ccccc1C3. The van der Waals surface area contributed by atoms with Gasteiger partial charge in [0.15, 0.2) is 0 Å². The van der Waals surface area contributed by atoms with Gasteiger partial charge in [0.1, 0.15) is 5.82 Å². The van der Waals surface area contributed by atoms with E-state index in [1.165, 1.54) is 72.4 Å². The predicted molar refractivity (Wildman–Crippen MR) is 125 cm³/mol. The zero-order chi connectivity index (χ0) is 20.7. The second-order valence-corrected chi connectivity index (χ2v) is 10.8.